The van der Waals surface area contributed by atoms with Gasteiger partial charge in [-0.1, -0.05) is 6.07 Å². The van der Waals surface area contributed by atoms with Crippen molar-refractivity contribution in [2.75, 3.05) is 18.1 Å². The number of hydrogen-bond acceptors (Lipinski definition) is 7. The van der Waals surface area contributed by atoms with Gasteiger partial charge in [0.15, 0.2) is 0 Å². The van der Waals surface area contributed by atoms with Crippen molar-refractivity contribution in [1.82, 2.24) is 9.97 Å². The maximum Gasteiger partial charge on any atom is 0.226 e. The molecule has 1 fully saturated rings. The molecule has 0 saturated carbocycles. The van der Waals surface area contributed by atoms with Crippen molar-refractivity contribution in [3.05, 3.63) is 39.5 Å². The van der Waals surface area contributed by atoms with Gasteiger partial charge in [-0.3, -0.25) is 4.79 Å². The van der Waals surface area contributed by atoms with Gasteiger partial charge in [-0.2, -0.15) is 0 Å². The molecule has 118 valence electrons. The lowest BCUT2D eigenvalue weighted by atomic mass is 10.2. The summed E-state index contributed by atoms with van der Waals surface area (Å²) in [7, 11) is 0. The molecule has 4 heterocycles. The van der Waals surface area contributed by atoms with E-state index in [4.69, 9.17) is 0 Å². The first kappa shape index (κ1) is 14.7. The highest BCUT2D eigenvalue weighted by Gasteiger charge is 2.28. The van der Waals surface area contributed by atoms with E-state index in [1.807, 2.05) is 33.9 Å². The molecular weight excluding hydrogens is 330 g/mol. The Kier molecular flexibility index (Phi) is 3.84. The van der Waals surface area contributed by atoms with E-state index < -0.39 is 0 Å². The van der Waals surface area contributed by atoms with Crippen LogP contribution >= 0.6 is 22.7 Å². The number of aliphatic hydroxyl groups is 1. The predicted octanol–water partition coefficient (Wildman–Crippen LogP) is 2.94. The van der Waals surface area contributed by atoms with E-state index >= 15 is 0 Å². The Morgan fingerprint density at radius 2 is 2.22 bits per heavy atom. The topological polar surface area (TPSA) is 66.3 Å². The van der Waals surface area contributed by atoms with Crippen molar-refractivity contribution in [3.8, 4) is 0 Å². The van der Waals surface area contributed by atoms with E-state index in [1.165, 1.54) is 22.7 Å². The zero-order chi connectivity index (χ0) is 15.8. The molecule has 0 aromatic carbocycles. The largest absolute Gasteiger partial charge is 0.394 e. The van der Waals surface area contributed by atoms with Crippen molar-refractivity contribution < 1.29 is 9.90 Å². The van der Waals surface area contributed by atoms with Crippen LogP contribution in [0.5, 0.6) is 0 Å². The van der Waals surface area contributed by atoms with Gasteiger partial charge in [0.2, 0.25) is 11.7 Å². The lowest BCUT2D eigenvalue weighted by Crippen LogP contribution is -2.33. The standard InChI is InChI=1S/C16H15N3O2S2/c20-9-10-3-1-6-19(10)16-17-11-5-8-23-15(11)13(18-16)14(21)12-4-2-7-22-12/h2,4-5,7-8,10,20H,1,3,6,9H2. The fourth-order valence-corrected chi connectivity index (χ4v) is 4.43. The second kappa shape index (κ2) is 5.99. The number of rotatable bonds is 4. The Morgan fingerprint density at radius 3 is 3.00 bits per heavy atom. The lowest BCUT2D eigenvalue weighted by Gasteiger charge is -2.23. The molecule has 0 radical (unpaired) electrons. The first-order valence-electron chi connectivity index (χ1n) is 7.49. The SMILES string of the molecule is O=C(c1cccs1)c1nc(N2CCCC2CO)nc2ccsc12. The van der Waals surface area contributed by atoms with Crippen LogP contribution in [0.3, 0.4) is 0 Å². The number of carbonyl (C=O) groups is 1. The fourth-order valence-electron chi connectivity index (χ4n) is 2.95. The number of aromatic nitrogens is 2. The lowest BCUT2D eigenvalue weighted by molar-refractivity contribution is 0.103. The van der Waals surface area contributed by atoms with Gasteiger partial charge in [0.05, 0.1) is 27.7 Å². The zero-order valence-corrected chi connectivity index (χ0v) is 13.9. The number of anilines is 1. The van der Waals surface area contributed by atoms with Crippen molar-refractivity contribution in [2.24, 2.45) is 0 Å². The third-order valence-corrected chi connectivity index (χ3v) is 5.88. The monoisotopic (exact) mass is 345 g/mol. The molecule has 0 aliphatic carbocycles. The van der Waals surface area contributed by atoms with E-state index in [2.05, 4.69) is 9.97 Å². The van der Waals surface area contributed by atoms with Gasteiger partial charge < -0.3 is 10.0 Å². The number of fused-ring (bicyclic) bond motifs is 1. The first-order valence-corrected chi connectivity index (χ1v) is 9.25. The number of carbonyl (C=O) groups excluding carboxylic acids is 1. The van der Waals surface area contributed by atoms with Gasteiger partial charge in [0.25, 0.3) is 0 Å². The average molecular weight is 345 g/mol. The molecule has 1 aliphatic heterocycles. The van der Waals surface area contributed by atoms with Gasteiger partial charge in [0, 0.05) is 6.54 Å². The highest BCUT2D eigenvalue weighted by atomic mass is 32.1. The Hall–Kier alpha value is -1.83. The highest BCUT2D eigenvalue weighted by Crippen LogP contribution is 2.30. The van der Waals surface area contributed by atoms with Crippen molar-refractivity contribution in [3.63, 3.8) is 0 Å². The summed E-state index contributed by atoms with van der Waals surface area (Å²) in [5.41, 5.74) is 1.26. The van der Waals surface area contributed by atoms with E-state index in [0.717, 1.165) is 29.6 Å². The van der Waals surface area contributed by atoms with E-state index in [-0.39, 0.29) is 18.4 Å². The number of nitrogens with zero attached hydrogens (tertiary/aromatic N) is 3. The molecule has 0 bridgehead atoms. The molecular formula is C16H15N3O2S2. The molecule has 23 heavy (non-hydrogen) atoms. The normalized spacial score (nSPS) is 18.0. The summed E-state index contributed by atoms with van der Waals surface area (Å²) in [6.07, 6.45) is 1.93. The maximum absolute atomic E-state index is 12.8. The summed E-state index contributed by atoms with van der Waals surface area (Å²) in [5, 5.41) is 13.4. The Morgan fingerprint density at radius 1 is 1.30 bits per heavy atom. The highest BCUT2D eigenvalue weighted by molar-refractivity contribution is 7.17. The van der Waals surface area contributed by atoms with Crippen molar-refractivity contribution in [2.45, 2.75) is 18.9 Å². The minimum atomic E-state index is -0.0594. The molecule has 3 aromatic rings. The predicted molar refractivity (Wildman–Crippen MR) is 92.6 cm³/mol. The summed E-state index contributed by atoms with van der Waals surface area (Å²) in [4.78, 5) is 24.7. The molecule has 5 nitrogen and oxygen atoms in total. The molecule has 7 heteroatoms. The third kappa shape index (κ3) is 2.54. The number of aliphatic hydroxyl groups excluding tert-OH is 1. The Bertz CT molecular complexity index is 844. The fraction of sp³-hybridized carbons (Fsp3) is 0.312. The number of ketones is 1. The minimum absolute atomic E-state index is 0.0378. The summed E-state index contributed by atoms with van der Waals surface area (Å²) in [6.45, 7) is 0.896. The summed E-state index contributed by atoms with van der Waals surface area (Å²) >= 11 is 2.91. The van der Waals surface area contributed by atoms with Crippen LogP contribution in [0, 0.1) is 0 Å². The van der Waals surface area contributed by atoms with Crippen LogP contribution in [-0.2, 0) is 0 Å². The minimum Gasteiger partial charge on any atom is -0.394 e. The third-order valence-electron chi connectivity index (χ3n) is 4.10. The van der Waals surface area contributed by atoms with Crippen LogP contribution in [0.2, 0.25) is 0 Å². The number of hydrogen-bond donors (Lipinski definition) is 1. The number of thiophene rings is 2. The molecule has 0 amide bonds. The zero-order valence-electron chi connectivity index (χ0n) is 12.3. The summed E-state index contributed by atoms with van der Waals surface area (Å²) in [5.74, 6) is 0.489. The van der Waals surface area contributed by atoms with Crippen LogP contribution in [0.4, 0.5) is 5.95 Å². The second-order valence-corrected chi connectivity index (χ2v) is 7.35. The molecule has 1 aliphatic rings. The molecule has 0 spiro atoms. The molecule has 3 aromatic heterocycles. The van der Waals surface area contributed by atoms with E-state index in [0.29, 0.717) is 16.5 Å². The van der Waals surface area contributed by atoms with Crippen molar-refractivity contribution in [1.29, 1.82) is 0 Å². The summed E-state index contributed by atoms with van der Waals surface area (Å²) in [6, 6.07) is 5.64. The smallest absolute Gasteiger partial charge is 0.226 e. The Labute approximate surface area is 141 Å². The van der Waals surface area contributed by atoms with Crippen LogP contribution in [-0.4, -0.2) is 40.1 Å². The molecule has 1 N–H and O–H groups in total. The average Bonchev–Trinajstić information content (AvgIpc) is 3.33. The second-order valence-electron chi connectivity index (χ2n) is 5.49. The Balaban J connectivity index is 1.83. The van der Waals surface area contributed by atoms with Gasteiger partial charge in [-0.25, -0.2) is 9.97 Å². The first-order chi connectivity index (χ1) is 11.3. The molecule has 4 rings (SSSR count). The summed E-state index contributed by atoms with van der Waals surface area (Å²) < 4.78 is 0.826. The van der Waals surface area contributed by atoms with Crippen LogP contribution < -0.4 is 4.90 Å². The van der Waals surface area contributed by atoms with Gasteiger partial charge in [-0.15, -0.1) is 22.7 Å². The van der Waals surface area contributed by atoms with Gasteiger partial charge in [0.1, 0.15) is 5.69 Å². The molecule has 1 atom stereocenters. The molecule has 1 unspecified atom stereocenters. The maximum atomic E-state index is 12.8. The van der Waals surface area contributed by atoms with E-state index in [9.17, 15) is 9.90 Å². The van der Waals surface area contributed by atoms with Gasteiger partial charge in [-0.05, 0) is 35.7 Å². The van der Waals surface area contributed by atoms with Crippen LogP contribution in [0.15, 0.2) is 29.0 Å². The van der Waals surface area contributed by atoms with E-state index in [1.54, 1.807) is 0 Å². The van der Waals surface area contributed by atoms with Crippen LogP contribution in [0.1, 0.15) is 28.2 Å². The molecule has 1 saturated heterocycles. The van der Waals surface area contributed by atoms with Crippen LogP contribution in [0.25, 0.3) is 10.2 Å². The quantitative estimate of drug-likeness (QED) is 0.737. The van der Waals surface area contributed by atoms with Crippen molar-refractivity contribution >= 4 is 44.6 Å². The van der Waals surface area contributed by atoms with Gasteiger partial charge >= 0.3 is 0 Å².